The first-order chi connectivity index (χ1) is 11.6. The van der Waals surface area contributed by atoms with Crippen LogP contribution in [0.3, 0.4) is 0 Å². The van der Waals surface area contributed by atoms with Gasteiger partial charge in [-0.1, -0.05) is 50.2 Å². The Morgan fingerprint density at radius 1 is 1.12 bits per heavy atom. The topological polar surface area (TPSA) is 45.2 Å². The third-order valence-electron chi connectivity index (χ3n) is 3.92. The van der Waals surface area contributed by atoms with Gasteiger partial charge in [-0.2, -0.15) is 0 Å². The molecule has 0 saturated heterocycles. The van der Waals surface area contributed by atoms with Crippen LogP contribution in [0.4, 0.5) is 0 Å². The van der Waals surface area contributed by atoms with E-state index < -0.39 is 0 Å². The van der Waals surface area contributed by atoms with Gasteiger partial charge in [0.15, 0.2) is 0 Å². The molecule has 1 heterocycles. The average molecular weight is 325 g/mol. The van der Waals surface area contributed by atoms with Crippen LogP contribution >= 0.6 is 0 Å². The predicted molar refractivity (Wildman–Crippen MR) is 97.8 cm³/mol. The summed E-state index contributed by atoms with van der Waals surface area (Å²) in [5.41, 5.74) is 2.18. The van der Waals surface area contributed by atoms with Crippen molar-refractivity contribution in [3.8, 4) is 0 Å². The fourth-order valence-corrected chi connectivity index (χ4v) is 2.67. The van der Waals surface area contributed by atoms with Crippen molar-refractivity contribution in [1.82, 2.24) is 15.2 Å². The molecule has 1 aromatic carbocycles. The van der Waals surface area contributed by atoms with Gasteiger partial charge in [0.2, 0.25) is 5.91 Å². The number of aromatic nitrogens is 1. The molecule has 0 aliphatic carbocycles. The van der Waals surface area contributed by atoms with Crippen LogP contribution < -0.4 is 5.32 Å². The number of hydrogen-bond acceptors (Lipinski definition) is 3. The highest BCUT2D eigenvalue weighted by Gasteiger charge is 2.22. The van der Waals surface area contributed by atoms with Crippen LogP contribution in [0, 0.1) is 0 Å². The Kier molecular flexibility index (Phi) is 6.94. The zero-order valence-corrected chi connectivity index (χ0v) is 14.8. The molecule has 4 nitrogen and oxygen atoms in total. The van der Waals surface area contributed by atoms with Gasteiger partial charge in [0.1, 0.15) is 0 Å². The van der Waals surface area contributed by atoms with Crippen LogP contribution in [0.15, 0.2) is 54.7 Å². The van der Waals surface area contributed by atoms with E-state index in [4.69, 9.17) is 0 Å². The maximum Gasteiger partial charge on any atom is 0.239 e. The van der Waals surface area contributed by atoms with Crippen molar-refractivity contribution in [2.24, 2.45) is 0 Å². The molecule has 4 heteroatoms. The van der Waals surface area contributed by atoms with E-state index in [1.165, 1.54) is 5.56 Å². The number of likely N-dealkylation sites (N-methyl/N-ethyl adjacent to an activating group) is 1. The molecule has 0 fully saturated rings. The Hall–Kier alpha value is -2.20. The van der Waals surface area contributed by atoms with E-state index in [0.29, 0.717) is 13.0 Å². The van der Waals surface area contributed by atoms with Gasteiger partial charge in [-0.3, -0.25) is 9.78 Å². The highest BCUT2D eigenvalue weighted by molar-refractivity contribution is 5.82. The predicted octanol–water partition coefficient (Wildman–Crippen LogP) is 2.69. The molecule has 0 spiro atoms. The maximum absolute atomic E-state index is 12.8. The van der Waals surface area contributed by atoms with Gasteiger partial charge >= 0.3 is 0 Å². The number of nitrogens with zero attached hydrogens (tertiary/aromatic N) is 2. The van der Waals surface area contributed by atoms with Gasteiger partial charge in [-0.15, -0.1) is 0 Å². The molecule has 0 radical (unpaired) electrons. The van der Waals surface area contributed by atoms with Crippen molar-refractivity contribution in [3.05, 3.63) is 66.0 Å². The monoisotopic (exact) mass is 325 g/mol. The van der Waals surface area contributed by atoms with E-state index in [1.807, 2.05) is 43.4 Å². The molecule has 0 unspecified atom stereocenters. The number of benzene rings is 1. The molecule has 1 amide bonds. The van der Waals surface area contributed by atoms with Crippen molar-refractivity contribution >= 4 is 5.91 Å². The minimum Gasteiger partial charge on any atom is -0.344 e. The lowest BCUT2D eigenvalue weighted by atomic mass is 10.0. The Balaban J connectivity index is 1.97. The molecule has 2 aromatic rings. The smallest absolute Gasteiger partial charge is 0.239 e. The van der Waals surface area contributed by atoms with Crippen LogP contribution in [0.5, 0.6) is 0 Å². The highest BCUT2D eigenvalue weighted by Crippen LogP contribution is 2.07. The summed E-state index contributed by atoms with van der Waals surface area (Å²) < 4.78 is 0. The third kappa shape index (κ3) is 5.78. The standard InChI is InChI=1S/C20H27N3O/c1-16(2)22-19(15-17-9-5-4-6-10-17)20(24)23(3)14-12-18-11-7-8-13-21-18/h4-11,13,16,19,22H,12,14-15H2,1-3H3/t19-/m0/s1. The van der Waals surface area contributed by atoms with E-state index in [-0.39, 0.29) is 18.0 Å². The van der Waals surface area contributed by atoms with Gasteiger partial charge in [0.05, 0.1) is 6.04 Å². The Labute approximate surface area is 144 Å². The van der Waals surface area contributed by atoms with Gasteiger partial charge in [0, 0.05) is 37.9 Å². The van der Waals surface area contributed by atoms with Crippen LogP contribution in [-0.2, 0) is 17.6 Å². The summed E-state index contributed by atoms with van der Waals surface area (Å²) >= 11 is 0. The number of nitrogens with one attached hydrogen (secondary N) is 1. The molecule has 1 N–H and O–H groups in total. The largest absolute Gasteiger partial charge is 0.344 e. The minimum absolute atomic E-state index is 0.128. The maximum atomic E-state index is 12.8. The van der Waals surface area contributed by atoms with Gasteiger partial charge in [-0.25, -0.2) is 0 Å². The van der Waals surface area contributed by atoms with Crippen molar-refractivity contribution in [2.45, 2.75) is 38.8 Å². The average Bonchev–Trinajstić information content (AvgIpc) is 2.60. The molecular formula is C20H27N3O. The number of hydrogen-bond donors (Lipinski definition) is 1. The summed E-state index contributed by atoms with van der Waals surface area (Å²) in [5.74, 6) is 0.128. The van der Waals surface area contributed by atoms with Gasteiger partial charge in [-0.05, 0) is 24.1 Å². The Bertz CT molecular complexity index is 613. The van der Waals surface area contributed by atoms with Crippen molar-refractivity contribution < 1.29 is 4.79 Å². The van der Waals surface area contributed by atoms with E-state index in [2.05, 4.69) is 36.3 Å². The molecule has 0 aliphatic heterocycles. The summed E-state index contributed by atoms with van der Waals surface area (Å²) in [6, 6.07) is 16.1. The van der Waals surface area contributed by atoms with Gasteiger partial charge < -0.3 is 10.2 Å². The van der Waals surface area contributed by atoms with E-state index in [1.54, 1.807) is 11.1 Å². The molecule has 0 saturated carbocycles. The lowest BCUT2D eigenvalue weighted by Gasteiger charge is -2.26. The summed E-state index contributed by atoms with van der Waals surface area (Å²) in [7, 11) is 1.87. The summed E-state index contributed by atoms with van der Waals surface area (Å²) in [4.78, 5) is 19.0. The SMILES string of the molecule is CC(C)N[C@@H](Cc1ccccc1)C(=O)N(C)CCc1ccccn1. The molecule has 0 aliphatic rings. The zero-order valence-electron chi connectivity index (χ0n) is 14.8. The fraction of sp³-hybridized carbons (Fsp3) is 0.400. The highest BCUT2D eigenvalue weighted by atomic mass is 16.2. The molecule has 1 atom stereocenters. The number of rotatable bonds is 8. The summed E-state index contributed by atoms with van der Waals surface area (Å²) in [6.07, 6.45) is 3.25. The first-order valence-electron chi connectivity index (χ1n) is 8.51. The Morgan fingerprint density at radius 3 is 2.46 bits per heavy atom. The first-order valence-corrected chi connectivity index (χ1v) is 8.51. The second-order valence-corrected chi connectivity index (χ2v) is 6.39. The van der Waals surface area contributed by atoms with Crippen LogP contribution in [0.25, 0.3) is 0 Å². The molecule has 2 rings (SSSR count). The van der Waals surface area contributed by atoms with Crippen LogP contribution in [0.2, 0.25) is 0 Å². The Morgan fingerprint density at radius 2 is 1.83 bits per heavy atom. The molecular weight excluding hydrogens is 298 g/mol. The zero-order chi connectivity index (χ0) is 17.4. The molecule has 1 aromatic heterocycles. The van der Waals surface area contributed by atoms with E-state index in [0.717, 1.165) is 12.1 Å². The third-order valence-corrected chi connectivity index (χ3v) is 3.92. The van der Waals surface area contributed by atoms with Crippen molar-refractivity contribution in [3.63, 3.8) is 0 Å². The second kappa shape index (κ2) is 9.18. The molecule has 24 heavy (non-hydrogen) atoms. The van der Waals surface area contributed by atoms with Crippen LogP contribution in [-0.4, -0.2) is 41.5 Å². The van der Waals surface area contributed by atoms with Gasteiger partial charge in [0.25, 0.3) is 0 Å². The summed E-state index contributed by atoms with van der Waals surface area (Å²) in [5, 5.41) is 3.40. The minimum atomic E-state index is -0.207. The van der Waals surface area contributed by atoms with Crippen molar-refractivity contribution in [2.75, 3.05) is 13.6 Å². The lowest BCUT2D eigenvalue weighted by Crippen LogP contribution is -2.49. The molecule has 128 valence electrons. The molecule has 0 bridgehead atoms. The summed E-state index contributed by atoms with van der Waals surface area (Å²) in [6.45, 7) is 4.80. The number of carbonyl (C=O) groups excluding carboxylic acids is 1. The number of amides is 1. The van der Waals surface area contributed by atoms with Crippen molar-refractivity contribution in [1.29, 1.82) is 0 Å². The van der Waals surface area contributed by atoms with Crippen LogP contribution in [0.1, 0.15) is 25.1 Å². The van der Waals surface area contributed by atoms with E-state index >= 15 is 0 Å². The number of carbonyl (C=O) groups is 1. The normalized spacial score (nSPS) is 12.2. The fourth-order valence-electron chi connectivity index (χ4n) is 2.67. The van der Waals surface area contributed by atoms with E-state index in [9.17, 15) is 4.79 Å². The quantitative estimate of drug-likeness (QED) is 0.812. The number of pyridine rings is 1. The first kappa shape index (κ1) is 18.1. The second-order valence-electron chi connectivity index (χ2n) is 6.39. The lowest BCUT2D eigenvalue weighted by molar-refractivity contribution is -0.132.